The highest BCUT2D eigenvalue weighted by atomic mass is 32.2. The van der Waals surface area contributed by atoms with E-state index in [4.69, 9.17) is 0 Å². The van der Waals surface area contributed by atoms with Gasteiger partial charge in [-0.2, -0.15) is 0 Å². The highest BCUT2D eigenvalue weighted by molar-refractivity contribution is 7.91. The fraction of sp³-hybridized carbons (Fsp3) is 0.462. The van der Waals surface area contributed by atoms with E-state index < -0.39 is 9.84 Å². The number of fused-ring (bicyclic) bond motifs is 1. The van der Waals surface area contributed by atoms with Crippen LogP contribution in [0.5, 0.6) is 0 Å². The number of Topliss-reactive ketones (excluding diaryl/α,β-unsaturated/α-hetero) is 1. The summed E-state index contributed by atoms with van der Waals surface area (Å²) in [6.07, 6.45) is 0.108. The van der Waals surface area contributed by atoms with Gasteiger partial charge in [0.2, 0.25) is 0 Å². The van der Waals surface area contributed by atoms with Gasteiger partial charge in [-0.15, -0.1) is 0 Å². The van der Waals surface area contributed by atoms with Gasteiger partial charge in [0.25, 0.3) is 0 Å². The molecule has 0 aliphatic carbocycles. The number of rotatable bonds is 5. The SMILES string of the molecule is CCS(=O)(=O)CCC(=O)C1CNc2ccccc21. The van der Waals surface area contributed by atoms with Crippen molar-refractivity contribution in [3.8, 4) is 0 Å². The third-order valence-electron chi connectivity index (χ3n) is 3.32. The van der Waals surface area contributed by atoms with Crippen molar-refractivity contribution in [2.45, 2.75) is 19.3 Å². The Morgan fingerprint density at radius 2 is 2.11 bits per heavy atom. The minimum Gasteiger partial charge on any atom is -0.384 e. The molecule has 1 aliphatic heterocycles. The van der Waals surface area contributed by atoms with Gasteiger partial charge < -0.3 is 5.32 Å². The lowest BCUT2D eigenvalue weighted by Gasteiger charge is -2.08. The summed E-state index contributed by atoms with van der Waals surface area (Å²) in [5, 5.41) is 3.17. The lowest BCUT2D eigenvalue weighted by molar-refractivity contribution is -0.119. The van der Waals surface area contributed by atoms with Crippen molar-refractivity contribution in [1.29, 1.82) is 0 Å². The maximum atomic E-state index is 12.1. The molecule has 1 aromatic rings. The van der Waals surface area contributed by atoms with Crippen LogP contribution >= 0.6 is 0 Å². The van der Waals surface area contributed by atoms with Gasteiger partial charge in [0, 0.05) is 24.4 Å². The van der Waals surface area contributed by atoms with Gasteiger partial charge in [0.05, 0.1) is 11.7 Å². The highest BCUT2D eigenvalue weighted by Gasteiger charge is 2.28. The van der Waals surface area contributed by atoms with Gasteiger partial charge in [0.1, 0.15) is 15.6 Å². The number of para-hydroxylation sites is 1. The average Bonchev–Trinajstić information content (AvgIpc) is 2.80. The van der Waals surface area contributed by atoms with Crippen LogP contribution in [0.4, 0.5) is 5.69 Å². The summed E-state index contributed by atoms with van der Waals surface area (Å²) in [5.41, 5.74) is 1.96. The zero-order valence-electron chi connectivity index (χ0n) is 10.3. The van der Waals surface area contributed by atoms with E-state index in [1.54, 1.807) is 6.92 Å². The quantitative estimate of drug-likeness (QED) is 0.880. The molecule has 0 fully saturated rings. The number of hydrogen-bond donors (Lipinski definition) is 1. The molecule has 1 heterocycles. The summed E-state index contributed by atoms with van der Waals surface area (Å²) >= 11 is 0. The van der Waals surface area contributed by atoms with Crippen LogP contribution in [0.25, 0.3) is 0 Å². The maximum absolute atomic E-state index is 12.1. The van der Waals surface area contributed by atoms with Crippen LogP contribution in [0, 0.1) is 0 Å². The Labute approximate surface area is 107 Å². The van der Waals surface area contributed by atoms with E-state index in [-0.39, 0.29) is 29.6 Å². The van der Waals surface area contributed by atoms with Gasteiger partial charge in [-0.3, -0.25) is 4.79 Å². The number of hydrogen-bond acceptors (Lipinski definition) is 4. The Morgan fingerprint density at radius 1 is 1.39 bits per heavy atom. The molecular formula is C13H17NO3S. The molecule has 1 N–H and O–H groups in total. The van der Waals surface area contributed by atoms with Crippen molar-refractivity contribution in [1.82, 2.24) is 0 Å². The lowest BCUT2D eigenvalue weighted by atomic mass is 9.95. The Balaban J connectivity index is 2.04. The van der Waals surface area contributed by atoms with Crippen molar-refractivity contribution in [2.75, 3.05) is 23.4 Å². The summed E-state index contributed by atoms with van der Waals surface area (Å²) < 4.78 is 22.8. The molecule has 5 heteroatoms. The Kier molecular flexibility index (Phi) is 3.71. The van der Waals surface area contributed by atoms with Crippen LogP contribution < -0.4 is 5.32 Å². The first kappa shape index (κ1) is 13.1. The number of carbonyl (C=O) groups is 1. The predicted octanol–water partition coefficient (Wildman–Crippen LogP) is 1.59. The molecule has 0 radical (unpaired) electrons. The molecule has 0 aromatic heterocycles. The van der Waals surface area contributed by atoms with Gasteiger partial charge in [-0.25, -0.2) is 8.42 Å². The van der Waals surface area contributed by atoms with E-state index in [0.717, 1.165) is 11.3 Å². The van der Waals surface area contributed by atoms with E-state index in [0.29, 0.717) is 6.54 Å². The summed E-state index contributed by atoms with van der Waals surface area (Å²) in [7, 11) is -3.06. The minimum atomic E-state index is -3.06. The van der Waals surface area contributed by atoms with Crippen molar-refractivity contribution < 1.29 is 13.2 Å². The smallest absolute Gasteiger partial charge is 0.150 e. The Morgan fingerprint density at radius 3 is 2.83 bits per heavy atom. The molecule has 18 heavy (non-hydrogen) atoms. The van der Waals surface area contributed by atoms with Crippen molar-refractivity contribution in [3.05, 3.63) is 29.8 Å². The first-order chi connectivity index (χ1) is 8.53. The molecule has 98 valence electrons. The highest BCUT2D eigenvalue weighted by Crippen LogP contribution is 2.32. The summed E-state index contributed by atoms with van der Waals surface area (Å²) in [4.78, 5) is 12.1. The van der Waals surface area contributed by atoms with Crippen LogP contribution in [-0.4, -0.2) is 32.3 Å². The van der Waals surface area contributed by atoms with Crippen LogP contribution in [0.1, 0.15) is 24.8 Å². The van der Waals surface area contributed by atoms with Crippen LogP contribution in [0.15, 0.2) is 24.3 Å². The Hall–Kier alpha value is -1.36. The largest absolute Gasteiger partial charge is 0.384 e. The second-order valence-electron chi connectivity index (χ2n) is 4.47. The zero-order valence-corrected chi connectivity index (χ0v) is 11.2. The molecule has 4 nitrogen and oxygen atoms in total. The van der Waals surface area contributed by atoms with Crippen LogP contribution in [0.3, 0.4) is 0 Å². The van der Waals surface area contributed by atoms with Crippen molar-refractivity contribution in [3.63, 3.8) is 0 Å². The topological polar surface area (TPSA) is 63.2 Å². The maximum Gasteiger partial charge on any atom is 0.150 e. The molecule has 0 saturated heterocycles. The van der Waals surface area contributed by atoms with Gasteiger partial charge in [-0.1, -0.05) is 25.1 Å². The number of ketones is 1. The molecule has 0 bridgehead atoms. The van der Waals surface area contributed by atoms with Crippen LogP contribution in [0.2, 0.25) is 0 Å². The fourth-order valence-electron chi connectivity index (χ4n) is 2.15. The molecule has 1 aliphatic rings. The summed E-state index contributed by atoms with van der Waals surface area (Å²) in [6.45, 7) is 2.18. The zero-order chi connectivity index (χ0) is 13.2. The molecule has 1 aromatic carbocycles. The van der Waals surface area contributed by atoms with E-state index in [1.807, 2.05) is 24.3 Å². The first-order valence-electron chi connectivity index (χ1n) is 6.09. The number of sulfone groups is 1. The average molecular weight is 267 g/mol. The van der Waals surface area contributed by atoms with Gasteiger partial charge >= 0.3 is 0 Å². The molecule has 0 spiro atoms. The normalized spacial score (nSPS) is 18.2. The number of nitrogens with one attached hydrogen (secondary N) is 1. The van der Waals surface area contributed by atoms with Gasteiger partial charge in [-0.05, 0) is 11.6 Å². The molecular weight excluding hydrogens is 250 g/mol. The van der Waals surface area contributed by atoms with Crippen molar-refractivity contribution in [2.24, 2.45) is 0 Å². The van der Waals surface area contributed by atoms with E-state index in [1.165, 1.54) is 0 Å². The van der Waals surface area contributed by atoms with Gasteiger partial charge in [0.15, 0.2) is 0 Å². The van der Waals surface area contributed by atoms with Crippen molar-refractivity contribution >= 4 is 21.3 Å². The standard InChI is InChI=1S/C13H17NO3S/c1-2-18(16,17)8-7-13(15)11-9-14-12-6-4-3-5-10(11)12/h3-6,11,14H,2,7-9H2,1H3. The molecule has 1 unspecified atom stereocenters. The van der Waals surface area contributed by atoms with E-state index in [2.05, 4.69) is 5.32 Å². The number of anilines is 1. The fourth-order valence-corrected chi connectivity index (χ4v) is 2.95. The summed E-state index contributed by atoms with van der Waals surface area (Å²) in [5.74, 6) is -0.140. The third kappa shape index (κ3) is 2.72. The minimum absolute atomic E-state index is 0.00414. The molecule has 2 rings (SSSR count). The number of benzene rings is 1. The predicted molar refractivity (Wildman–Crippen MR) is 71.6 cm³/mol. The molecule has 1 atom stereocenters. The summed E-state index contributed by atoms with van der Waals surface area (Å²) in [6, 6.07) is 7.67. The number of carbonyl (C=O) groups excluding carboxylic acids is 1. The Bertz CT molecular complexity index is 551. The molecule has 0 saturated carbocycles. The van der Waals surface area contributed by atoms with E-state index >= 15 is 0 Å². The van der Waals surface area contributed by atoms with E-state index in [9.17, 15) is 13.2 Å². The second-order valence-corrected chi connectivity index (χ2v) is 6.95. The van der Waals surface area contributed by atoms with Crippen LogP contribution in [-0.2, 0) is 14.6 Å². The lowest BCUT2D eigenvalue weighted by Crippen LogP contribution is -2.19. The third-order valence-corrected chi connectivity index (χ3v) is 5.03. The second kappa shape index (κ2) is 5.10. The molecule has 0 amide bonds. The monoisotopic (exact) mass is 267 g/mol. The first-order valence-corrected chi connectivity index (χ1v) is 7.91.